The van der Waals surface area contributed by atoms with E-state index in [1.807, 2.05) is 19.1 Å². The van der Waals surface area contributed by atoms with E-state index in [1.165, 1.54) is 5.56 Å². The van der Waals surface area contributed by atoms with E-state index in [-0.39, 0.29) is 0 Å². The second kappa shape index (κ2) is 4.82. The maximum atomic E-state index is 10.6. The van der Waals surface area contributed by atoms with Crippen molar-refractivity contribution in [2.24, 2.45) is 0 Å². The second-order valence-corrected chi connectivity index (χ2v) is 3.90. The monoisotopic (exact) mass is 230 g/mol. The Morgan fingerprint density at radius 2 is 2.29 bits per heavy atom. The molecule has 0 unspecified atom stereocenters. The number of aryl methyl sites for hydroxylation is 1. The van der Waals surface area contributed by atoms with Crippen molar-refractivity contribution in [1.82, 2.24) is 9.78 Å². The van der Waals surface area contributed by atoms with Gasteiger partial charge in [0.05, 0.1) is 25.4 Å². The standard InChI is InChI=1S/C13H14N2O2/c1-10-3-4-13(17-2)12(5-10)8-15-7-11(9-16)6-14-15/h3-7,9H,8H2,1-2H3. The summed E-state index contributed by atoms with van der Waals surface area (Å²) in [6, 6.07) is 6.00. The molecule has 0 saturated heterocycles. The predicted octanol–water partition coefficient (Wildman–Crippen LogP) is 2.06. The molecule has 0 amide bonds. The smallest absolute Gasteiger partial charge is 0.153 e. The Morgan fingerprint density at radius 1 is 1.47 bits per heavy atom. The van der Waals surface area contributed by atoms with Crippen molar-refractivity contribution in [3.63, 3.8) is 0 Å². The average Bonchev–Trinajstić information content (AvgIpc) is 2.77. The maximum Gasteiger partial charge on any atom is 0.153 e. The number of nitrogens with zero attached hydrogens (tertiary/aromatic N) is 2. The van der Waals surface area contributed by atoms with Crippen LogP contribution in [0.1, 0.15) is 21.5 Å². The number of carbonyl (C=O) groups is 1. The van der Waals surface area contributed by atoms with Crippen LogP contribution in [0.3, 0.4) is 0 Å². The molecule has 0 bridgehead atoms. The van der Waals surface area contributed by atoms with Gasteiger partial charge in [-0.05, 0) is 13.0 Å². The fourth-order valence-electron chi connectivity index (χ4n) is 1.73. The Hall–Kier alpha value is -2.10. The third-order valence-electron chi connectivity index (χ3n) is 2.56. The zero-order chi connectivity index (χ0) is 12.3. The summed E-state index contributed by atoms with van der Waals surface area (Å²) in [7, 11) is 1.65. The number of methoxy groups -OCH3 is 1. The summed E-state index contributed by atoms with van der Waals surface area (Å²) in [6.07, 6.45) is 4.06. The van der Waals surface area contributed by atoms with Crippen molar-refractivity contribution in [2.45, 2.75) is 13.5 Å². The van der Waals surface area contributed by atoms with Crippen LogP contribution in [0.15, 0.2) is 30.6 Å². The van der Waals surface area contributed by atoms with Crippen LogP contribution in [0.25, 0.3) is 0 Å². The summed E-state index contributed by atoms with van der Waals surface area (Å²) < 4.78 is 7.02. The molecule has 0 saturated carbocycles. The third kappa shape index (κ3) is 2.53. The van der Waals surface area contributed by atoms with Crippen molar-refractivity contribution >= 4 is 6.29 Å². The van der Waals surface area contributed by atoms with Gasteiger partial charge < -0.3 is 4.74 Å². The van der Waals surface area contributed by atoms with Crippen molar-refractivity contribution in [2.75, 3.05) is 7.11 Å². The quantitative estimate of drug-likeness (QED) is 0.755. The zero-order valence-electron chi connectivity index (χ0n) is 9.88. The summed E-state index contributed by atoms with van der Waals surface area (Å²) in [5, 5.41) is 4.12. The number of hydrogen-bond acceptors (Lipinski definition) is 3. The van der Waals surface area contributed by atoms with Crippen LogP contribution in [0.5, 0.6) is 5.75 Å². The van der Waals surface area contributed by atoms with Gasteiger partial charge in [-0.2, -0.15) is 5.10 Å². The molecule has 0 spiro atoms. The van der Waals surface area contributed by atoms with Gasteiger partial charge in [0.15, 0.2) is 6.29 Å². The molecular weight excluding hydrogens is 216 g/mol. The van der Waals surface area contributed by atoms with E-state index in [0.29, 0.717) is 12.1 Å². The molecule has 4 heteroatoms. The van der Waals surface area contributed by atoms with Gasteiger partial charge in [0.1, 0.15) is 5.75 Å². The molecule has 0 fully saturated rings. The topological polar surface area (TPSA) is 44.1 Å². The van der Waals surface area contributed by atoms with Crippen LogP contribution >= 0.6 is 0 Å². The maximum absolute atomic E-state index is 10.6. The lowest BCUT2D eigenvalue weighted by Crippen LogP contribution is -2.02. The second-order valence-electron chi connectivity index (χ2n) is 3.90. The van der Waals surface area contributed by atoms with Crippen LogP contribution in [-0.2, 0) is 6.54 Å². The van der Waals surface area contributed by atoms with Crippen molar-refractivity contribution in [3.05, 3.63) is 47.3 Å². The van der Waals surface area contributed by atoms with Gasteiger partial charge in [-0.25, -0.2) is 0 Å². The number of hydrogen-bond donors (Lipinski definition) is 0. The first-order valence-electron chi connectivity index (χ1n) is 5.34. The van der Waals surface area contributed by atoms with E-state index < -0.39 is 0 Å². The first kappa shape index (κ1) is 11.4. The molecule has 4 nitrogen and oxygen atoms in total. The molecule has 1 aromatic carbocycles. The summed E-state index contributed by atoms with van der Waals surface area (Å²) >= 11 is 0. The molecule has 2 rings (SSSR count). The first-order valence-corrected chi connectivity index (χ1v) is 5.34. The lowest BCUT2D eigenvalue weighted by Gasteiger charge is -2.09. The Morgan fingerprint density at radius 3 is 2.94 bits per heavy atom. The van der Waals surface area contributed by atoms with Gasteiger partial charge >= 0.3 is 0 Å². The summed E-state index contributed by atoms with van der Waals surface area (Å²) in [5.41, 5.74) is 2.80. The molecule has 1 aromatic heterocycles. The number of aldehydes is 1. The lowest BCUT2D eigenvalue weighted by atomic mass is 10.1. The summed E-state index contributed by atoms with van der Waals surface area (Å²) in [6.45, 7) is 2.63. The molecular formula is C13H14N2O2. The summed E-state index contributed by atoms with van der Waals surface area (Å²) in [5.74, 6) is 0.832. The molecule has 0 radical (unpaired) electrons. The highest BCUT2D eigenvalue weighted by atomic mass is 16.5. The van der Waals surface area contributed by atoms with Gasteiger partial charge in [-0.3, -0.25) is 9.48 Å². The van der Waals surface area contributed by atoms with Gasteiger partial charge in [0.25, 0.3) is 0 Å². The van der Waals surface area contributed by atoms with E-state index in [4.69, 9.17) is 4.74 Å². The van der Waals surface area contributed by atoms with Crippen molar-refractivity contribution < 1.29 is 9.53 Å². The van der Waals surface area contributed by atoms with E-state index in [1.54, 1.807) is 24.2 Å². The van der Waals surface area contributed by atoms with Gasteiger partial charge in [0.2, 0.25) is 0 Å². The highest BCUT2D eigenvalue weighted by molar-refractivity contribution is 5.73. The molecule has 88 valence electrons. The minimum Gasteiger partial charge on any atom is -0.496 e. The fourth-order valence-corrected chi connectivity index (χ4v) is 1.73. The average molecular weight is 230 g/mol. The van der Waals surface area contributed by atoms with Gasteiger partial charge in [-0.1, -0.05) is 17.7 Å². The highest BCUT2D eigenvalue weighted by Crippen LogP contribution is 2.20. The van der Waals surface area contributed by atoms with Crippen LogP contribution in [0.4, 0.5) is 0 Å². The number of aromatic nitrogens is 2. The zero-order valence-corrected chi connectivity index (χ0v) is 9.88. The van der Waals surface area contributed by atoms with Gasteiger partial charge in [0, 0.05) is 11.8 Å². The number of ether oxygens (including phenoxy) is 1. The molecule has 0 aliphatic rings. The Kier molecular flexibility index (Phi) is 3.23. The van der Waals surface area contributed by atoms with Crippen LogP contribution < -0.4 is 4.74 Å². The van der Waals surface area contributed by atoms with Crippen LogP contribution in [-0.4, -0.2) is 23.2 Å². The normalized spacial score (nSPS) is 10.2. The number of carbonyl (C=O) groups excluding carboxylic acids is 1. The van der Waals surface area contributed by atoms with E-state index >= 15 is 0 Å². The fraction of sp³-hybridized carbons (Fsp3) is 0.231. The van der Waals surface area contributed by atoms with Crippen LogP contribution in [0, 0.1) is 6.92 Å². The van der Waals surface area contributed by atoms with Crippen molar-refractivity contribution in [1.29, 1.82) is 0 Å². The molecule has 0 aliphatic carbocycles. The van der Waals surface area contributed by atoms with Gasteiger partial charge in [-0.15, -0.1) is 0 Å². The number of rotatable bonds is 4. The van der Waals surface area contributed by atoms with Crippen LogP contribution in [0.2, 0.25) is 0 Å². The molecule has 0 N–H and O–H groups in total. The predicted molar refractivity (Wildman–Crippen MR) is 64.4 cm³/mol. The van der Waals surface area contributed by atoms with E-state index in [0.717, 1.165) is 17.6 Å². The lowest BCUT2D eigenvalue weighted by molar-refractivity contribution is 0.112. The minimum absolute atomic E-state index is 0.580. The molecule has 2 aromatic rings. The summed E-state index contributed by atoms with van der Waals surface area (Å²) in [4.78, 5) is 10.6. The van der Waals surface area contributed by atoms with E-state index in [2.05, 4.69) is 11.2 Å². The Bertz CT molecular complexity index is 532. The Balaban J connectivity index is 2.28. The molecule has 1 heterocycles. The molecule has 0 aliphatic heterocycles. The van der Waals surface area contributed by atoms with Crippen molar-refractivity contribution in [3.8, 4) is 5.75 Å². The SMILES string of the molecule is COc1ccc(C)cc1Cn1cc(C=O)cn1. The molecule has 0 atom stereocenters. The first-order chi connectivity index (χ1) is 8.22. The molecule has 17 heavy (non-hydrogen) atoms. The minimum atomic E-state index is 0.580. The number of benzene rings is 1. The highest BCUT2D eigenvalue weighted by Gasteiger charge is 2.05. The third-order valence-corrected chi connectivity index (χ3v) is 2.56. The van der Waals surface area contributed by atoms with E-state index in [9.17, 15) is 4.79 Å². The Labute approximate surface area is 99.8 Å². The largest absolute Gasteiger partial charge is 0.496 e.